The number of carbonyl (C=O) groups excluding carboxylic acids is 1. The molecule has 0 fully saturated rings. The number of para-hydroxylation sites is 1. The fourth-order valence-electron chi connectivity index (χ4n) is 1.73. The van der Waals surface area contributed by atoms with Crippen molar-refractivity contribution in [1.82, 2.24) is 0 Å². The quantitative estimate of drug-likeness (QED) is 0.566. The van der Waals surface area contributed by atoms with Gasteiger partial charge in [-0.05, 0) is 13.0 Å². The number of nitro groups is 1. The van der Waals surface area contributed by atoms with E-state index in [-0.39, 0.29) is 24.3 Å². The molecule has 0 spiro atoms. The zero-order valence-electron chi connectivity index (χ0n) is 11.7. The molecule has 0 saturated heterocycles. The van der Waals surface area contributed by atoms with E-state index in [4.69, 9.17) is 9.47 Å². The van der Waals surface area contributed by atoms with Gasteiger partial charge in [-0.2, -0.15) is 0 Å². The van der Waals surface area contributed by atoms with E-state index in [0.29, 0.717) is 17.1 Å². The van der Waals surface area contributed by atoms with Gasteiger partial charge >= 0.3 is 0 Å². The van der Waals surface area contributed by atoms with Crippen molar-refractivity contribution in [2.75, 3.05) is 14.2 Å². The third kappa shape index (κ3) is 4.08. The van der Waals surface area contributed by atoms with E-state index in [2.05, 4.69) is 0 Å². The van der Waals surface area contributed by atoms with Crippen LogP contribution in [0.25, 0.3) is 6.08 Å². The predicted molar refractivity (Wildman–Crippen MR) is 74.4 cm³/mol. The first kappa shape index (κ1) is 15.7. The van der Waals surface area contributed by atoms with E-state index in [0.717, 1.165) is 0 Å². The van der Waals surface area contributed by atoms with Crippen molar-refractivity contribution < 1.29 is 19.2 Å². The van der Waals surface area contributed by atoms with Crippen LogP contribution in [0, 0.1) is 10.1 Å². The summed E-state index contributed by atoms with van der Waals surface area (Å²) < 4.78 is 10.4. The molecule has 1 aromatic rings. The summed E-state index contributed by atoms with van der Waals surface area (Å²) in [5.41, 5.74) is 0.508. The third-order valence-corrected chi connectivity index (χ3v) is 2.72. The first-order valence-corrected chi connectivity index (χ1v) is 6.05. The Balaban J connectivity index is 3.16. The molecule has 0 aliphatic rings. The SMILES string of the molecule is COc1cccc(/C=C(\CCC(C)=O)[N+](=O)[O-])c1OC. The molecule has 0 atom stereocenters. The maximum Gasteiger partial charge on any atom is 0.247 e. The Labute approximate surface area is 117 Å². The van der Waals surface area contributed by atoms with Crippen molar-refractivity contribution in [2.45, 2.75) is 19.8 Å². The van der Waals surface area contributed by atoms with Gasteiger partial charge in [0, 0.05) is 24.5 Å². The average molecular weight is 279 g/mol. The smallest absolute Gasteiger partial charge is 0.247 e. The highest BCUT2D eigenvalue weighted by molar-refractivity contribution is 5.76. The summed E-state index contributed by atoms with van der Waals surface area (Å²) in [5, 5.41) is 11.0. The Morgan fingerprint density at radius 2 is 2.00 bits per heavy atom. The molecular formula is C14H17NO5. The Bertz CT molecular complexity index is 536. The van der Waals surface area contributed by atoms with E-state index >= 15 is 0 Å². The standard InChI is InChI=1S/C14H17NO5/c1-10(16)7-8-12(15(17)18)9-11-5-4-6-13(19-2)14(11)20-3/h4-6,9H,7-8H2,1-3H3/b12-9+. The lowest BCUT2D eigenvalue weighted by molar-refractivity contribution is -0.426. The molecule has 6 nitrogen and oxygen atoms in total. The molecule has 0 aliphatic carbocycles. The number of allylic oxidation sites excluding steroid dienone is 1. The summed E-state index contributed by atoms with van der Waals surface area (Å²) in [6.45, 7) is 1.41. The van der Waals surface area contributed by atoms with Gasteiger partial charge in [-0.25, -0.2) is 0 Å². The highest BCUT2D eigenvalue weighted by atomic mass is 16.6. The highest BCUT2D eigenvalue weighted by Gasteiger charge is 2.15. The monoisotopic (exact) mass is 279 g/mol. The minimum absolute atomic E-state index is 0.0354. The molecule has 108 valence electrons. The molecule has 0 amide bonds. The van der Waals surface area contributed by atoms with Gasteiger partial charge in [0.2, 0.25) is 5.70 Å². The van der Waals surface area contributed by atoms with E-state index in [1.54, 1.807) is 18.2 Å². The molecule has 0 aliphatic heterocycles. The Morgan fingerprint density at radius 3 is 2.50 bits per heavy atom. The number of ether oxygens (including phenoxy) is 2. The van der Waals surface area contributed by atoms with Gasteiger partial charge in [-0.15, -0.1) is 0 Å². The second-order valence-electron chi connectivity index (χ2n) is 4.18. The molecule has 1 aromatic carbocycles. The fraction of sp³-hybridized carbons (Fsp3) is 0.357. The molecule has 0 aromatic heterocycles. The summed E-state index contributed by atoms with van der Waals surface area (Å²) in [5.74, 6) is 0.836. The molecular weight excluding hydrogens is 262 g/mol. The topological polar surface area (TPSA) is 78.7 Å². The summed E-state index contributed by atoms with van der Waals surface area (Å²) in [6, 6.07) is 5.12. The lowest BCUT2D eigenvalue weighted by Gasteiger charge is -2.10. The zero-order valence-corrected chi connectivity index (χ0v) is 11.7. The lowest BCUT2D eigenvalue weighted by atomic mass is 10.1. The maximum absolute atomic E-state index is 11.0. The van der Waals surface area contributed by atoms with Crippen LogP contribution in [0.4, 0.5) is 0 Å². The van der Waals surface area contributed by atoms with Crippen LogP contribution in [0.5, 0.6) is 11.5 Å². The first-order valence-electron chi connectivity index (χ1n) is 6.05. The van der Waals surface area contributed by atoms with Crippen LogP contribution in [0.3, 0.4) is 0 Å². The number of benzene rings is 1. The number of nitrogens with zero attached hydrogens (tertiary/aromatic N) is 1. The van der Waals surface area contributed by atoms with Crippen LogP contribution >= 0.6 is 0 Å². The van der Waals surface area contributed by atoms with Crippen LogP contribution in [-0.4, -0.2) is 24.9 Å². The van der Waals surface area contributed by atoms with E-state index in [1.165, 1.54) is 27.2 Å². The molecule has 0 bridgehead atoms. The largest absolute Gasteiger partial charge is 0.493 e. The maximum atomic E-state index is 11.0. The number of Topliss-reactive ketones (excluding diaryl/α,β-unsaturated/α-hetero) is 1. The number of ketones is 1. The van der Waals surface area contributed by atoms with Gasteiger partial charge < -0.3 is 14.3 Å². The number of carbonyl (C=O) groups is 1. The summed E-state index contributed by atoms with van der Waals surface area (Å²) in [4.78, 5) is 21.5. The Kier molecular flexibility index (Phi) is 5.71. The van der Waals surface area contributed by atoms with Crippen molar-refractivity contribution >= 4 is 11.9 Å². The van der Waals surface area contributed by atoms with Crippen molar-refractivity contribution in [3.8, 4) is 11.5 Å². The van der Waals surface area contributed by atoms with Crippen LogP contribution in [0.1, 0.15) is 25.3 Å². The number of methoxy groups -OCH3 is 2. The minimum atomic E-state index is -0.484. The summed E-state index contributed by atoms with van der Waals surface area (Å²) in [7, 11) is 2.96. The van der Waals surface area contributed by atoms with E-state index < -0.39 is 4.92 Å². The predicted octanol–water partition coefficient (Wildman–Crippen LogP) is 2.69. The molecule has 0 N–H and O–H groups in total. The summed E-state index contributed by atoms with van der Waals surface area (Å²) >= 11 is 0. The van der Waals surface area contributed by atoms with E-state index in [9.17, 15) is 14.9 Å². The summed E-state index contributed by atoms with van der Waals surface area (Å²) in [6.07, 6.45) is 1.63. The molecule has 0 saturated carbocycles. The lowest BCUT2D eigenvalue weighted by Crippen LogP contribution is -2.02. The van der Waals surface area contributed by atoms with Crippen molar-refractivity contribution in [3.63, 3.8) is 0 Å². The third-order valence-electron chi connectivity index (χ3n) is 2.72. The van der Waals surface area contributed by atoms with Gasteiger partial charge in [-0.1, -0.05) is 12.1 Å². The van der Waals surface area contributed by atoms with Crippen molar-refractivity contribution in [1.29, 1.82) is 0 Å². The zero-order chi connectivity index (χ0) is 15.1. The number of hydrogen-bond donors (Lipinski definition) is 0. The molecule has 0 radical (unpaired) electrons. The van der Waals surface area contributed by atoms with Crippen LogP contribution in [-0.2, 0) is 4.79 Å². The van der Waals surface area contributed by atoms with Crippen LogP contribution in [0.15, 0.2) is 23.9 Å². The van der Waals surface area contributed by atoms with Gasteiger partial charge in [0.25, 0.3) is 0 Å². The molecule has 0 heterocycles. The normalized spacial score (nSPS) is 11.1. The number of hydrogen-bond acceptors (Lipinski definition) is 5. The Morgan fingerprint density at radius 1 is 1.30 bits per heavy atom. The van der Waals surface area contributed by atoms with Gasteiger partial charge in [0.1, 0.15) is 5.78 Å². The van der Waals surface area contributed by atoms with Crippen LogP contribution in [0.2, 0.25) is 0 Å². The number of rotatable bonds is 7. The molecule has 1 rings (SSSR count). The first-order chi connectivity index (χ1) is 9.49. The second kappa shape index (κ2) is 7.28. The Hall–Kier alpha value is -2.37. The van der Waals surface area contributed by atoms with Crippen LogP contribution < -0.4 is 9.47 Å². The van der Waals surface area contributed by atoms with Crippen molar-refractivity contribution in [2.24, 2.45) is 0 Å². The molecule has 0 unspecified atom stereocenters. The van der Waals surface area contributed by atoms with Gasteiger partial charge in [0.05, 0.1) is 19.1 Å². The van der Waals surface area contributed by atoms with Crippen molar-refractivity contribution in [3.05, 3.63) is 39.6 Å². The second-order valence-corrected chi connectivity index (χ2v) is 4.18. The highest BCUT2D eigenvalue weighted by Crippen LogP contribution is 2.32. The molecule has 20 heavy (non-hydrogen) atoms. The minimum Gasteiger partial charge on any atom is -0.493 e. The molecule has 6 heteroatoms. The van der Waals surface area contributed by atoms with E-state index in [1.807, 2.05) is 0 Å². The average Bonchev–Trinajstić information content (AvgIpc) is 2.42. The van der Waals surface area contributed by atoms with Gasteiger partial charge in [0.15, 0.2) is 11.5 Å². The fourth-order valence-corrected chi connectivity index (χ4v) is 1.73. The van der Waals surface area contributed by atoms with Gasteiger partial charge in [-0.3, -0.25) is 10.1 Å².